The SMILES string of the molecule is CC(C)(CCC=O)C1(C)OCCO1. The number of aldehydes is 1. The Morgan fingerprint density at radius 3 is 2.38 bits per heavy atom. The number of hydrogen-bond donors (Lipinski definition) is 0. The van der Waals surface area contributed by atoms with Crippen molar-refractivity contribution in [3.05, 3.63) is 0 Å². The van der Waals surface area contributed by atoms with Crippen LogP contribution in [0.3, 0.4) is 0 Å². The molecule has 0 radical (unpaired) electrons. The van der Waals surface area contributed by atoms with E-state index in [4.69, 9.17) is 9.47 Å². The highest BCUT2D eigenvalue weighted by atomic mass is 16.7. The quantitative estimate of drug-likeness (QED) is 0.627. The Kier molecular flexibility index (Phi) is 3.09. The third-order valence-electron chi connectivity index (χ3n) is 2.95. The van der Waals surface area contributed by atoms with Gasteiger partial charge in [-0.15, -0.1) is 0 Å². The maximum absolute atomic E-state index is 10.3. The van der Waals surface area contributed by atoms with Crippen LogP contribution < -0.4 is 0 Å². The topological polar surface area (TPSA) is 35.5 Å². The maximum atomic E-state index is 10.3. The Balaban J connectivity index is 2.60. The highest BCUT2D eigenvalue weighted by Gasteiger charge is 2.45. The summed E-state index contributed by atoms with van der Waals surface area (Å²) in [5.74, 6) is -0.518. The number of ether oxygens (including phenoxy) is 2. The first-order valence-corrected chi connectivity index (χ1v) is 4.73. The standard InChI is InChI=1S/C10H18O3/c1-9(2,5-4-6-11)10(3)12-7-8-13-10/h6H,4-5,7-8H2,1-3H3. The lowest BCUT2D eigenvalue weighted by atomic mass is 9.80. The van der Waals surface area contributed by atoms with Crippen molar-refractivity contribution in [3.8, 4) is 0 Å². The minimum absolute atomic E-state index is 0.107. The molecule has 3 nitrogen and oxygen atoms in total. The Hall–Kier alpha value is -0.410. The van der Waals surface area contributed by atoms with Crippen LogP contribution in [0.5, 0.6) is 0 Å². The van der Waals surface area contributed by atoms with Crippen molar-refractivity contribution in [2.24, 2.45) is 5.41 Å². The van der Waals surface area contributed by atoms with Crippen molar-refractivity contribution in [1.82, 2.24) is 0 Å². The molecule has 0 unspecified atom stereocenters. The van der Waals surface area contributed by atoms with Gasteiger partial charge in [-0.05, 0) is 13.3 Å². The zero-order valence-electron chi connectivity index (χ0n) is 8.63. The fraction of sp³-hybridized carbons (Fsp3) is 0.900. The molecule has 0 bridgehead atoms. The maximum Gasteiger partial charge on any atom is 0.170 e. The summed E-state index contributed by atoms with van der Waals surface area (Å²) in [5.41, 5.74) is -0.107. The summed E-state index contributed by atoms with van der Waals surface area (Å²) in [7, 11) is 0. The molecule has 1 heterocycles. The summed E-state index contributed by atoms with van der Waals surface area (Å²) in [5, 5.41) is 0. The lowest BCUT2D eigenvalue weighted by molar-refractivity contribution is -0.216. The minimum Gasteiger partial charge on any atom is -0.347 e. The Bertz CT molecular complexity index is 181. The molecule has 0 saturated carbocycles. The molecule has 0 N–H and O–H groups in total. The van der Waals surface area contributed by atoms with Crippen LogP contribution in [0, 0.1) is 5.41 Å². The molecular formula is C10H18O3. The van der Waals surface area contributed by atoms with Crippen molar-refractivity contribution in [1.29, 1.82) is 0 Å². The first-order chi connectivity index (χ1) is 6.02. The highest BCUT2D eigenvalue weighted by molar-refractivity contribution is 5.49. The third kappa shape index (κ3) is 2.09. The summed E-state index contributed by atoms with van der Waals surface area (Å²) < 4.78 is 11.1. The molecule has 0 aromatic heterocycles. The van der Waals surface area contributed by atoms with Crippen molar-refractivity contribution in [2.75, 3.05) is 13.2 Å². The molecule has 0 aromatic carbocycles. The monoisotopic (exact) mass is 186 g/mol. The zero-order chi connectivity index (χ0) is 9.95. The van der Waals surface area contributed by atoms with Gasteiger partial charge in [-0.3, -0.25) is 0 Å². The molecule has 76 valence electrons. The van der Waals surface area contributed by atoms with Crippen LogP contribution in [-0.4, -0.2) is 25.3 Å². The second-order valence-electron chi connectivity index (χ2n) is 4.23. The van der Waals surface area contributed by atoms with Gasteiger partial charge in [-0.1, -0.05) is 13.8 Å². The van der Waals surface area contributed by atoms with Gasteiger partial charge < -0.3 is 14.3 Å². The fourth-order valence-corrected chi connectivity index (χ4v) is 1.55. The second kappa shape index (κ2) is 3.76. The molecule has 1 saturated heterocycles. The van der Waals surface area contributed by atoms with Gasteiger partial charge in [-0.25, -0.2) is 0 Å². The Morgan fingerprint density at radius 1 is 1.38 bits per heavy atom. The van der Waals surface area contributed by atoms with Crippen molar-refractivity contribution < 1.29 is 14.3 Å². The van der Waals surface area contributed by atoms with Gasteiger partial charge in [0, 0.05) is 11.8 Å². The van der Waals surface area contributed by atoms with Crippen LogP contribution in [0.2, 0.25) is 0 Å². The number of hydrogen-bond acceptors (Lipinski definition) is 3. The normalized spacial score (nSPS) is 21.8. The van der Waals surface area contributed by atoms with Crippen LogP contribution >= 0.6 is 0 Å². The predicted molar refractivity (Wildman–Crippen MR) is 49.4 cm³/mol. The van der Waals surface area contributed by atoms with Crippen molar-refractivity contribution in [2.45, 2.75) is 39.4 Å². The molecule has 1 fully saturated rings. The van der Waals surface area contributed by atoms with E-state index in [0.717, 1.165) is 12.7 Å². The number of carbonyl (C=O) groups excluding carboxylic acids is 1. The lowest BCUT2D eigenvalue weighted by Crippen LogP contribution is -2.43. The van der Waals surface area contributed by atoms with Crippen LogP contribution in [0.25, 0.3) is 0 Å². The smallest absolute Gasteiger partial charge is 0.170 e. The second-order valence-corrected chi connectivity index (χ2v) is 4.23. The molecule has 0 amide bonds. The molecule has 13 heavy (non-hydrogen) atoms. The largest absolute Gasteiger partial charge is 0.347 e. The van der Waals surface area contributed by atoms with Gasteiger partial charge in [-0.2, -0.15) is 0 Å². The third-order valence-corrected chi connectivity index (χ3v) is 2.95. The van der Waals surface area contributed by atoms with E-state index in [2.05, 4.69) is 13.8 Å². The first kappa shape index (κ1) is 10.7. The molecule has 1 aliphatic heterocycles. The fourth-order valence-electron chi connectivity index (χ4n) is 1.55. The number of rotatable bonds is 4. The summed E-state index contributed by atoms with van der Waals surface area (Å²) >= 11 is 0. The van der Waals surface area contributed by atoms with E-state index >= 15 is 0 Å². The number of carbonyl (C=O) groups is 1. The van der Waals surface area contributed by atoms with Crippen molar-refractivity contribution >= 4 is 6.29 Å². The van der Waals surface area contributed by atoms with E-state index in [-0.39, 0.29) is 5.41 Å². The minimum atomic E-state index is -0.518. The van der Waals surface area contributed by atoms with Gasteiger partial charge in [0.05, 0.1) is 13.2 Å². The molecule has 3 heteroatoms. The summed E-state index contributed by atoms with van der Waals surface area (Å²) in [4.78, 5) is 10.3. The van der Waals surface area contributed by atoms with Gasteiger partial charge in [0.15, 0.2) is 5.79 Å². The zero-order valence-corrected chi connectivity index (χ0v) is 8.63. The molecule has 0 aromatic rings. The Labute approximate surface area is 79.4 Å². The van der Waals surface area contributed by atoms with Crippen LogP contribution in [0.4, 0.5) is 0 Å². The van der Waals surface area contributed by atoms with Crippen LogP contribution in [0.15, 0.2) is 0 Å². The van der Waals surface area contributed by atoms with Crippen LogP contribution in [-0.2, 0) is 14.3 Å². The van der Waals surface area contributed by atoms with E-state index in [1.807, 2.05) is 6.92 Å². The van der Waals surface area contributed by atoms with E-state index in [1.165, 1.54) is 0 Å². The first-order valence-electron chi connectivity index (χ1n) is 4.73. The molecule has 1 aliphatic rings. The van der Waals surface area contributed by atoms with Crippen LogP contribution in [0.1, 0.15) is 33.6 Å². The molecule has 0 spiro atoms. The summed E-state index contributed by atoms with van der Waals surface area (Å²) in [6, 6.07) is 0. The van der Waals surface area contributed by atoms with Gasteiger partial charge in [0.2, 0.25) is 0 Å². The van der Waals surface area contributed by atoms with E-state index in [1.54, 1.807) is 0 Å². The molecule has 0 atom stereocenters. The Morgan fingerprint density at radius 2 is 1.92 bits per heavy atom. The predicted octanol–water partition coefficient (Wildman–Crippen LogP) is 1.75. The average molecular weight is 186 g/mol. The van der Waals surface area contributed by atoms with Gasteiger partial charge in [0.1, 0.15) is 6.29 Å². The van der Waals surface area contributed by atoms with Gasteiger partial charge >= 0.3 is 0 Å². The van der Waals surface area contributed by atoms with Crippen molar-refractivity contribution in [3.63, 3.8) is 0 Å². The van der Waals surface area contributed by atoms with E-state index in [9.17, 15) is 4.79 Å². The average Bonchev–Trinajstić information content (AvgIpc) is 2.50. The van der Waals surface area contributed by atoms with Gasteiger partial charge in [0.25, 0.3) is 0 Å². The summed E-state index contributed by atoms with van der Waals surface area (Å²) in [6.45, 7) is 7.40. The molecule has 0 aliphatic carbocycles. The highest BCUT2D eigenvalue weighted by Crippen LogP contribution is 2.41. The molecular weight excluding hydrogens is 168 g/mol. The molecule has 1 rings (SSSR count). The van der Waals surface area contributed by atoms with E-state index in [0.29, 0.717) is 19.6 Å². The van der Waals surface area contributed by atoms with E-state index < -0.39 is 5.79 Å². The summed E-state index contributed by atoms with van der Waals surface area (Å²) in [6.07, 6.45) is 2.31. The lowest BCUT2D eigenvalue weighted by Gasteiger charge is -2.39.